The zero-order valence-corrected chi connectivity index (χ0v) is 10.4. The predicted molar refractivity (Wildman–Crippen MR) is 63.1 cm³/mol. The molecule has 0 unspecified atom stereocenters. The zero-order valence-electron chi connectivity index (χ0n) is 10.4. The SMILES string of the molecule is O=C(C(=O)N1CC(OCC(F)F)C1)c1ccc(F)cc1. The lowest BCUT2D eigenvalue weighted by Crippen LogP contribution is -2.56. The first-order valence-corrected chi connectivity index (χ1v) is 5.96. The van der Waals surface area contributed by atoms with E-state index in [2.05, 4.69) is 0 Å². The second-order valence-electron chi connectivity index (χ2n) is 4.39. The fourth-order valence-electron chi connectivity index (χ4n) is 1.79. The van der Waals surface area contributed by atoms with Gasteiger partial charge in [-0.15, -0.1) is 0 Å². The van der Waals surface area contributed by atoms with Gasteiger partial charge in [0.05, 0.1) is 6.10 Å². The van der Waals surface area contributed by atoms with Gasteiger partial charge in [-0.3, -0.25) is 9.59 Å². The zero-order chi connectivity index (χ0) is 14.7. The molecule has 0 bridgehead atoms. The van der Waals surface area contributed by atoms with E-state index in [4.69, 9.17) is 4.74 Å². The molecule has 2 rings (SSSR count). The number of hydrogen-bond donors (Lipinski definition) is 0. The van der Waals surface area contributed by atoms with Gasteiger partial charge in [0, 0.05) is 18.7 Å². The van der Waals surface area contributed by atoms with Crippen molar-refractivity contribution in [2.45, 2.75) is 12.5 Å². The minimum absolute atomic E-state index is 0.0911. The van der Waals surface area contributed by atoms with E-state index < -0.39 is 36.6 Å². The minimum Gasteiger partial charge on any atom is -0.369 e. The second kappa shape index (κ2) is 6.04. The fourth-order valence-corrected chi connectivity index (χ4v) is 1.79. The number of benzene rings is 1. The highest BCUT2D eigenvalue weighted by molar-refractivity contribution is 6.42. The molecule has 4 nitrogen and oxygen atoms in total. The van der Waals surface area contributed by atoms with Crippen molar-refractivity contribution >= 4 is 11.7 Å². The minimum atomic E-state index is -2.56. The van der Waals surface area contributed by atoms with Gasteiger partial charge < -0.3 is 9.64 Å². The Bertz CT molecular complexity index is 498. The molecule has 1 amide bonds. The van der Waals surface area contributed by atoms with E-state index in [9.17, 15) is 22.8 Å². The van der Waals surface area contributed by atoms with Gasteiger partial charge in [0.2, 0.25) is 5.78 Å². The quantitative estimate of drug-likeness (QED) is 0.609. The Hall–Kier alpha value is -1.89. The molecular weight excluding hydrogens is 275 g/mol. The van der Waals surface area contributed by atoms with Crippen LogP contribution in [0, 0.1) is 5.82 Å². The van der Waals surface area contributed by atoms with Gasteiger partial charge in [-0.1, -0.05) is 0 Å². The van der Waals surface area contributed by atoms with Gasteiger partial charge in [0.25, 0.3) is 12.3 Å². The Morgan fingerprint density at radius 3 is 2.40 bits per heavy atom. The number of rotatable bonds is 5. The molecule has 1 aromatic carbocycles. The first-order valence-electron chi connectivity index (χ1n) is 5.96. The molecule has 1 aliphatic rings. The number of halogens is 3. The van der Waals surface area contributed by atoms with Crippen LogP contribution in [0.1, 0.15) is 10.4 Å². The van der Waals surface area contributed by atoms with E-state index >= 15 is 0 Å². The van der Waals surface area contributed by atoms with Gasteiger partial charge in [-0.2, -0.15) is 0 Å². The highest BCUT2D eigenvalue weighted by atomic mass is 19.3. The number of ketones is 1. The normalized spacial score (nSPS) is 15.3. The molecule has 20 heavy (non-hydrogen) atoms. The maximum atomic E-state index is 12.7. The van der Waals surface area contributed by atoms with Crippen molar-refractivity contribution in [2.24, 2.45) is 0 Å². The van der Waals surface area contributed by atoms with E-state index in [0.717, 1.165) is 12.1 Å². The molecule has 0 radical (unpaired) electrons. The van der Waals surface area contributed by atoms with Gasteiger partial charge in [-0.25, -0.2) is 13.2 Å². The Morgan fingerprint density at radius 1 is 1.25 bits per heavy atom. The van der Waals surface area contributed by atoms with Crippen molar-refractivity contribution in [3.63, 3.8) is 0 Å². The summed E-state index contributed by atoms with van der Waals surface area (Å²) in [7, 11) is 0. The van der Waals surface area contributed by atoms with Crippen LogP contribution in [0.5, 0.6) is 0 Å². The number of Topliss-reactive ketones (excluding diaryl/α,β-unsaturated/α-hetero) is 1. The number of likely N-dealkylation sites (tertiary alicyclic amines) is 1. The lowest BCUT2D eigenvalue weighted by atomic mass is 10.1. The summed E-state index contributed by atoms with van der Waals surface area (Å²) in [6.07, 6.45) is -3.02. The van der Waals surface area contributed by atoms with Crippen molar-refractivity contribution in [1.82, 2.24) is 4.90 Å². The fraction of sp³-hybridized carbons (Fsp3) is 0.385. The van der Waals surface area contributed by atoms with Gasteiger partial charge in [0.1, 0.15) is 12.4 Å². The van der Waals surface area contributed by atoms with Crippen molar-refractivity contribution < 1.29 is 27.5 Å². The standard InChI is InChI=1S/C13H12F3NO3/c14-9-3-1-8(2-4-9)12(18)13(19)17-5-10(6-17)20-7-11(15)16/h1-4,10-11H,5-7H2. The number of carbonyl (C=O) groups excluding carboxylic acids is 2. The summed E-state index contributed by atoms with van der Waals surface area (Å²) in [6.45, 7) is -0.463. The van der Waals surface area contributed by atoms with Crippen molar-refractivity contribution in [1.29, 1.82) is 0 Å². The molecule has 0 aliphatic carbocycles. The van der Waals surface area contributed by atoms with Crippen LogP contribution < -0.4 is 0 Å². The van der Waals surface area contributed by atoms with Crippen molar-refractivity contribution in [3.8, 4) is 0 Å². The molecule has 1 saturated heterocycles. The monoisotopic (exact) mass is 287 g/mol. The smallest absolute Gasteiger partial charge is 0.295 e. The molecule has 0 atom stereocenters. The van der Waals surface area contributed by atoms with E-state index in [1.54, 1.807) is 0 Å². The molecule has 1 aromatic rings. The molecule has 0 aromatic heterocycles. The first-order chi connectivity index (χ1) is 9.47. The average Bonchev–Trinajstić information content (AvgIpc) is 2.36. The molecule has 1 fully saturated rings. The molecule has 7 heteroatoms. The largest absolute Gasteiger partial charge is 0.369 e. The number of amides is 1. The number of ether oxygens (including phenoxy) is 1. The third kappa shape index (κ3) is 3.36. The summed E-state index contributed by atoms with van der Waals surface area (Å²) >= 11 is 0. The van der Waals surface area contributed by atoms with Crippen molar-refractivity contribution in [2.75, 3.05) is 19.7 Å². The van der Waals surface area contributed by atoms with Gasteiger partial charge in [0.15, 0.2) is 0 Å². The Balaban J connectivity index is 1.84. The van der Waals surface area contributed by atoms with Crippen LogP contribution in [0.4, 0.5) is 13.2 Å². The number of nitrogens with zero attached hydrogens (tertiary/aromatic N) is 1. The highest BCUT2D eigenvalue weighted by Gasteiger charge is 2.35. The lowest BCUT2D eigenvalue weighted by Gasteiger charge is -2.38. The van der Waals surface area contributed by atoms with Crippen LogP contribution in [-0.4, -0.2) is 48.8 Å². The molecule has 0 saturated carbocycles. The molecule has 0 N–H and O–H groups in total. The third-order valence-corrected chi connectivity index (χ3v) is 2.89. The summed E-state index contributed by atoms with van der Waals surface area (Å²) in [6, 6.07) is 4.62. The molecule has 1 heterocycles. The maximum absolute atomic E-state index is 12.7. The summed E-state index contributed by atoms with van der Waals surface area (Å²) in [5.41, 5.74) is 0.0911. The number of hydrogen-bond acceptors (Lipinski definition) is 3. The van der Waals surface area contributed by atoms with Gasteiger partial charge >= 0.3 is 0 Å². The average molecular weight is 287 g/mol. The summed E-state index contributed by atoms with van der Waals surface area (Å²) in [5, 5.41) is 0. The maximum Gasteiger partial charge on any atom is 0.295 e. The van der Waals surface area contributed by atoms with Gasteiger partial charge in [-0.05, 0) is 24.3 Å². The highest BCUT2D eigenvalue weighted by Crippen LogP contribution is 2.15. The van der Waals surface area contributed by atoms with Crippen LogP contribution in [0.15, 0.2) is 24.3 Å². The Kier molecular flexibility index (Phi) is 4.39. The second-order valence-corrected chi connectivity index (χ2v) is 4.39. The first kappa shape index (κ1) is 14.5. The van der Waals surface area contributed by atoms with Crippen LogP contribution >= 0.6 is 0 Å². The summed E-state index contributed by atoms with van der Waals surface area (Å²) in [5.74, 6) is -2.00. The van der Waals surface area contributed by atoms with E-state index in [1.807, 2.05) is 0 Å². The predicted octanol–water partition coefficient (Wildman–Crippen LogP) is 1.50. The summed E-state index contributed by atoms with van der Waals surface area (Å²) < 4.78 is 41.3. The molecule has 108 valence electrons. The van der Waals surface area contributed by atoms with Crippen molar-refractivity contribution in [3.05, 3.63) is 35.6 Å². The van der Waals surface area contributed by atoms with E-state index in [0.29, 0.717) is 0 Å². The molecule has 1 aliphatic heterocycles. The molecule has 0 spiro atoms. The van der Waals surface area contributed by atoms with E-state index in [1.165, 1.54) is 17.0 Å². The van der Waals surface area contributed by atoms with E-state index in [-0.39, 0.29) is 18.7 Å². The van der Waals surface area contributed by atoms with Crippen LogP contribution in [0.2, 0.25) is 0 Å². The van der Waals surface area contributed by atoms with Crippen LogP contribution in [0.3, 0.4) is 0 Å². The topological polar surface area (TPSA) is 46.6 Å². The molecular formula is C13H12F3NO3. The number of alkyl halides is 2. The Labute approximate surface area is 113 Å². The van der Waals surface area contributed by atoms with Crippen LogP contribution in [0.25, 0.3) is 0 Å². The number of carbonyl (C=O) groups is 2. The third-order valence-electron chi connectivity index (χ3n) is 2.89. The lowest BCUT2D eigenvalue weighted by molar-refractivity contribution is -0.143. The summed E-state index contributed by atoms with van der Waals surface area (Å²) in [4.78, 5) is 24.8. The Morgan fingerprint density at radius 2 is 1.85 bits per heavy atom. The van der Waals surface area contributed by atoms with Crippen LogP contribution in [-0.2, 0) is 9.53 Å².